The monoisotopic (exact) mass is 233 g/mol. The topological polar surface area (TPSA) is 47.7 Å². The van der Waals surface area contributed by atoms with E-state index in [1.165, 1.54) is 0 Å². The number of hydrogen-bond donors (Lipinski definition) is 1. The number of hydrogen-bond acceptors (Lipinski definition) is 3. The Bertz CT molecular complexity index is 489. The van der Waals surface area contributed by atoms with E-state index in [2.05, 4.69) is 36.3 Å². The van der Waals surface area contributed by atoms with Gasteiger partial charge in [0.2, 0.25) is 0 Å². The standard InChI is InChI=1S/C12H19N5/c1-12(2,3)13-7-10-5-6-17(15-10)11-8-14-16(4)9-11/h5-6,8-9,13H,7H2,1-4H3. The van der Waals surface area contributed by atoms with Crippen LogP contribution in [0.5, 0.6) is 0 Å². The highest BCUT2D eigenvalue weighted by atomic mass is 15.3. The van der Waals surface area contributed by atoms with E-state index in [0.29, 0.717) is 0 Å². The molecule has 2 aromatic rings. The Morgan fingerprint density at radius 3 is 2.71 bits per heavy atom. The molecule has 17 heavy (non-hydrogen) atoms. The summed E-state index contributed by atoms with van der Waals surface area (Å²) in [7, 11) is 1.90. The van der Waals surface area contributed by atoms with Gasteiger partial charge in [-0.25, -0.2) is 4.68 Å². The van der Waals surface area contributed by atoms with E-state index in [0.717, 1.165) is 17.9 Å². The molecule has 0 fully saturated rings. The lowest BCUT2D eigenvalue weighted by Crippen LogP contribution is -2.35. The molecule has 0 saturated carbocycles. The van der Waals surface area contributed by atoms with Crippen LogP contribution in [0, 0.1) is 0 Å². The molecule has 0 unspecified atom stereocenters. The highest BCUT2D eigenvalue weighted by molar-refractivity contribution is 5.24. The van der Waals surface area contributed by atoms with Crippen LogP contribution in [0.25, 0.3) is 5.69 Å². The van der Waals surface area contributed by atoms with Gasteiger partial charge >= 0.3 is 0 Å². The lowest BCUT2D eigenvalue weighted by Gasteiger charge is -2.19. The lowest BCUT2D eigenvalue weighted by atomic mass is 10.1. The second-order valence-electron chi connectivity index (χ2n) is 5.23. The maximum Gasteiger partial charge on any atom is 0.102 e. The van der Waals surface area contributed by atoms with Gasteiger partial charge in [0.25, 0.3) is 0 Å². The summed E-state index contributed by atoms with van der Waals surface area (Å²) in [5.41, 5.74) is 2.12. The van der Waals surface area contributed by atoms with E-state index in [4.69, 9.17) is 0 Å². The van der Waals surface area contributed by atoms with E-state index in [1.807, 2.05) is 30.2 Å². The highest BCUT2D eigenvalue weighted by Gasteiger charge is 2.10. The molecule has 0 aliphatic rings. The third-order valence-corrected chi connectivity index (χ3v) is 2.40. The van der Waals surface area contributed by atoms with Crippen molar-refractivity contribution in [3.63, 3.8) is 0 Å². The molecule has 0 amide bonds. The number of nitrogens with one attached hydrogen (secondary N) is 1. The summed E-state index contributed by atoms with van der Waals surface area (Å²) >= 11 is 0. The first-order valence-electron chi connectivity index (χ1n) is 5.73. The molecule has 0 atom stereocenters. The maximum atomic E-state index is 4.50. The van der Waals surface area contributed by atoms with Crippen molar-refractivity contribution in [1.82, 2.24) is 24.9 Å². The molecule has 0 bridgehead atoms. The molecule has 0 saturated heterocycles. The van der Waals surface area contributed by atoms with Gasteiger partial charge in [0, 0.05) is 25.3 Å². The second kappa shape index (κ2) is 4.33. The summed E-state index contributed by atoms with van der Waals surface area (Å²) in [5.74, 6) is 0. The number of nitrogens with zero attached hydrogens (tertiary/aromatic N) is 4. The van der Waals surface area contributed by atoms with Crippen LogP contribution in [-0.2, 0) is 13.6 Å². The average molecular weight is 233 g/mol. The molecule has 0 aliphatic carbocycles. The molecule has 92 valence electrons. The molecule has 0 aliphatic heterocycles. The fourth-order valence-corrected chi connectivity index (χ4v) is 1.48. The van der Waals surface area contributed by atoms with Crippen molar-refractivity contribution < 1.29 is 0 Å². The lowest BCUT2D eigenvalue weighted by molar-refractivity contribution is 0.420. The molecule has 5 nitrogen and oxygen atoms in total. The van der Waals surface area contributed by atoms with Crippen LogP contribution in [0.2, 0.25) is 0 Å². The van der Waals surface area contributed by atoms with E-state index >= 15 is 0 Å². The third-order valence-electron chi connectivity index (χ3n) is 2.40. The Hall–Kier alpha value is -1.62. The molecule has 0 aromatic carbocycles. The van der Waals surface area contributed by atoms with Crippen molar-refractivity contribution in [3.05, 3.63) is 30.4 Å². The van der Waals surface area contributed by atoms with Gasteiger partial charge in [-0.15, -0.1) is 0 Å². The first-order chi connectivity index (χ1) is 7.94. The van der Waals surface area contributed by atoms with Crippen LogP contribution in [0.4, 0.5) is 0 Å². The molecule has 2 rings (SSSR count). The maximum absolute atomic E-state index is 4.50. The Morgan fingerprint density at radius 1 is 1.35 bits per heavy atom. The van der Waals surface area contributed by atoms with Crippen molar-refractivity contribution in [2.45, 2.75) is 32.9 Å². The molecule has 2 aromatic heterocycles. The van der Waals surface area contributed by atoms with Crippen molar-refractivity contribution in [1.29, 1.82) is 0 Å². The highest BCUT2D eigenvalue weighted by Crippen LogP contribution is 2.07. The van der Waals surface area contributed by atoms with Gasteiger partial charge in [-0.3, -0.25) is 4.68 Å². The Labute approximate surface area is 101 Å². The minimum atomic E-state index is 0.109. The normalized spacial score (nSPS) is 12.0. The van der Waals surface area contributed by atoms with Gasteiger partial charge < -0.3 is 5.32 Å². The van der Waals surface area contributed by atoms with Crippen molar-refractivity contribution in [2.75, 3.05) is 0 Å². The Balaban J connectivity index is 2.06. The Kier molecular flexibility index (Phi) is 3.02. The van der Waals surface area contributed by atoms with Crippen molar-refractivity contribution in [3.8, 4) is 5.69 Å². The quantitative estimate of drug-likeness (QED) is 0.874. The van der Waals surface area contributed by atoms with Crippen LogP contribution >= 0.6 is 0 Å². The number of aromatic nitrogens is 4. The van der Waals surface area contributed by atoms with Gasteiger partial charge in [0.15, 0.2) is 0 Å². The molecule has 5 heteroatoms. The van der Waals surface area contributed by atoms with Crippen LogP contribution in [0.3, 0.4) is 0 Å². The van der Waals surface area contributed by atoms with E-state index in [1.54, 1.807) is 10.9 Å². The summed E-state index contributed by atoms with van der Waals surface area (Å²) in [6, 6.07) is 2.02. The first-order valence-corrected chi connectivity index (χ1v) is 5.73. The predicted octanol–water partition coefficient (Wildman–Crippen LogP) is 1.49. The first kappa shape index (κ1) is 11.9. The summed E-state index contributed by atoms with van der Waals surface area (Å²) in [4.78, 5) is 0. The van der Waals surface area contributed by atoms with E-state index in [-0.39, 0.29) is 5.54 Å². The Morgan fingerprint density at radius 2 is 2.12 bits per heavy atom. The van der Waals surface area contributed by atoms with Crippen LogP contribution in [0.1, 0.15) is 26.5 Å². The molecular formula is C12H19N5. The molecule has 2 heterocycles. The van der Waals surface area contributed by atoms with E-state index in [9.17, 15) is 0 Å². The molecule has 0 radical (unpaired) electrons. The van der Waals surface area contributed by atoms with Gasteiger partial charge in [0.1, 0.15) is 5.69 Å². The van der Waals surface area contributed by atoms with Crippen LogP contribution in [-0.4, -0.2) is 25.1 Å². The zero-order valence-corrected chi connectivity index (χ0v) is 10.8. The average Bonchev–Trinajstić information content (AvgIpc) is 2.81. The smallest absolute Gasteiger partial charge is 0.102 e. The van der Waals surface area contributed by atoms with Gasteiger partial charge in [-0.2, -0.15) is 10.2 Å². The molecular weight excluding hydrogens is 214 g/mol. The van der Waals surface area contributed by atoms with Gasteiger partial charge in [-0.1, -0.05) is 0 Å². The minimum absolute atomic E-state index is 0.109. The number of aryl methyl sites for hydroxylation is 1. The largest absolute Gasteiger partial charge is 0.306 e. The summed E-state index contributed by atoms with van der Waals surface area (Å²) in [6.07, 6.45) is 5.69. The van der Waals surface area contributed by atoms with E-state index < -0.39 is 0 Å². The summed E-state index contributed by atoms with van der Waals surface area (Å²) in [6.45, 7) is 7.21. The third kappa shape index (κ3) is 3.17. The van der Waals surface area contributed by atoms with Crippen LogP contribution in [0.15, 0.2) is 24.7 Å². The fraction of sp³-hybridized carbons (Fsp3) is 0.500. The van der Waals surface area contributed by atoms with Gasteiger partial charge in [0.05, 0.1) is 18.1 Å². The summed E-state index contributed by atoms with van der Waals surface area (Å²) in [5, 5.41) is 12.0. The van der Waals surface area contributed by atoms with Crippen LogP contribution < -0.4 is 5.32 Å². The second-order valence-corrected chi connectivity index (χ2v) is 5.23. The zero-order valence-electron chi connectivity index (χ0n) is 10.8. The minimum Gasteiger partial charge on any atom is -0.306 e. The fourth-order valence-electron chi connectivity index (χ4n) is 1.48. The number of rotatable bonds is 3. The molecule has 0 spiro atoms. The zero-order chi connectivity index (χ0) is 12.5. The van der Waals surface area contributed by atoms with Crippen molar-refractivity contribution >= 4 is 0 Å². The van der Waals surface area contributed by atoms with Gasteiger partial charge in [-0.05, 0) is 26.8 Å². The SMILES string of the molecule is Cn1cc(-n2ccc(CNC(C)(C)C)n2)cn1. The predicted molar refractivity (Wildman–Crippen MR) is 66.9 cm³/mol. The molecule has 1 N–H and O–H groups in total. The summed E-state index contributed by atoms with van der Waals surface area (Å²) < 4.78 is 3.61. The van der Waals surface area contributed by atoms with Crippen molar-refractivity contribution in [2.24, 2.45) is 7.05 Å².